The van der Waals surface area contributed by atoms with E-state index in [0.717, 1.165) is 16.7 Å². The van der Waals surface area contributed by atoms with E-state index in [0.29, 0.717) is 0 Å². The lowest BCUT2D eigenvalue weighted by molar-refractivity contribution is 0.197. The van der Waals surface area contributed by atoms with Crippen LogP contribution in [0.1, 0.15) is 29.7 Å². The fourth-order valence-corrected chi connectivity index (χ4v) is 1.58. The van der Waals surface area contributed by atoms with Gasteiger partial charge in [-0.1, -0.05) is 0 Å². The quantitative estimate of drug-likeness (QED) is 0.683. The molecule has 0 amide bonds. The van der Waals surface area contributed by atoms with Crippen LogP contribution in [0.15, 0.2) is 12.1 Å². The van der Waals surface area contributed by atoms with Crippen LogP contribution in [0.4, 0.5) is 4.39 Å². The van der Waals surface area contributed by atoms with Crippen LogP contribution in [0.2, 0.25) is 0 Å². The first-order valence-corrected chi connectivity index (χ1v) is 3.97. The van der Waals surface area contributed by atoms with E-state index in [1.807, 2.05) is 0 Å². The van der Waals surface area contributed by atoms with Crippen LogP contribution in [-0.4, -0.2) is 5.11 Å². The van der Waals surface area contributed by atoms with Gasteiger partial charge >= 0.3 is 0 Å². The average molecular weight is 168 g/mol. The molecular formula is C10H13FO. The molecule has 0 saturated carbocycles. The van der Waals surface area contributed by atoms with Crippen molar-refractivity contribution in [2.75, 3.05) is 0 Å². The highest BCUT2D eigenvalue weighted by atomic mass is 19.1. The largest absolute Gasteiger partial charge is 0.389 e. The fraction of sp³-hybridized carbons (Fsp3) is 0.400. The number of halogens is 1. The molecule has 2 heteroatoms. The number of rotatable bonds is 1. The molecule has 0 aromatic heterocycles. The first-order chi connectivity index (χ1) is 5.52. The Morgan fingerprint density at radius 1 is 1.25 bits per heavy atom. The zero-order valence-electron chi connectivity index (χ0n) is 7.56. The molecule has 12 heavy (non-hydrogen) atoms. The molecule has 0 unspecified atom stereocenters. The lowest BCUT2D eigenvalue weighted by Gasteiger charge is -2.12. The third-order valence-corrected chi connectivity index (χ3v) is 1.98. The summed E-state index contributed by atoms with van der Waals surface area (Å²) in [5.74, 6) is -0.241. The van der Waals surface area contributed by atoms with Crippen LogP contribution < -0.4 is 0 Å². The number of hydrogen-bond donors (Lipinski definition) is 1. The van der Waals surface area contributed by atoms with Gasteiger partial charge in [0.15, 0.2) is 0 Å². The highest BCUT2D eigenvalue weighted by Crippen LogP contribution is 2.22. The molecule has 1 N–H and O–H groups in total. The van der Waals surface area contributed by atoms with Crippen LogP contribution in [-0.2, 0) is 0 Å². The minimum absolute atomic E-state index is 0.241. The Labute approximate surface area is 71.9 Å². The zero-order valence-corrected chi connectivity index (χ0v) is 7.56. The Balaban J connectivity index is 3.28. The lowest BCUT2D eigenvalue weighted by atomic mass is 9.99. The Kier molecular flexibility index (Phi) is 2.48. The number of benzene rings is 1. The van der Waals surface area contributed by atoms with Crippen molar-refractivity contribution in [1.82, 2.24) is 0 Å². The van der Waals surface area contributed by atoms with Crippen molar-refractivity contribution in [2.45, 2.75) is 26.9 Å². The molecule has 0 heterocycles. The van der Waals surface area contributed by atoms with Crippen molar-refractivity contribution in [3.8, 4) is 0 Å². The lowest BCUT2D eigenvalue weighted by Crippen LogP contribution is -1.99. The molecule has 0 radical (unpaired) electrons. The second kappa shape index (κ2) is 3.23. The molecule has 0 aliphatic carbocycles. The molecule has 0 aliphatic heterocycles. The van der Waals surface area contributed by atoms with Gasteiger partial charge in [0.25, 0.3) is 0 Å². The predicted molar refractivity (Wildman–Crippen MR) is 46.5 cm³/mol. The predicted octanol–water partition coefficient (Wildman–Crippen LogP) is 2.50. The van der Waals surface area contributed by atoms with Crippen molar-refractivity contribution >= 4 is 0 Å². The molecular weight excluding hydrogens is 155 g/mol. The van der Waals surface area contributed by atoms with Crippen molar-refractivity contribution in [3.05, 3.63) is 34.6 Å². The van der Waals surface area contributed by atoms with Crippen molar-refractivity contribution in [1.29, 1.82) is 0 Å². The fourth-order valence-electron chi connectivity index (χ4n) is 1.58. The number of hydrogen-bond acceptors (Lipinski definition) is 1. The van der Waals surface area contributed by atoms with E-state index in [1.165, 1.54) is 12.1 Å². The highest BCUT2D eigenvalue weighted by Gasteiger charge is 2.09. The maximum Gasteiger partial charge on any atom is 0.123 e. The Hall–Kier alpha value is -0.890. The molecule has 1 rings (SSSR count). The van der Waals surface area contributed by atoms with Gasteiger partial charge in [0.1, 0.15) is 5.82 Å². The summed E-state index contributed by atoms with van der Waals surface area (Å²) in [5.41, 5.74) is 2.45. The molecule has 0 saturated heterocycles. The second-order valence-electron chi connectivity index (χ2n) is 3.13. The minimum Gasteiger partial charge on any atom is -0.389 e. The monoisotopic (exact) mass is 168 g/mol. The Morgan fingerprint density at radius 2 is 1.67 bits per heavy atom. The summed E-state index contributed by atoms with van der Waals surface area (Å²) in [6.07, 6.45) is -0.523. The Bertz CT molecular complexity index is 269. The van der Waals surface area contributed by atoms with E-state index in [1.54, 1.807) is 20.8 Å². The normalized spacial score (nSPS) is 13.1. The van der Waals surface area contributed by atoms with E-state index < -0.39 is 6.10 Å². The molecule has 1 aromatic carbocycles. The summed E-state index contributed by atoms with van der Waals surface area (Å²) in [5, 5.41) is 9.35. The maximum absolute atomic E-state index is 12.8. The summed E-state index contributed by atoms with van der Waals surface area (Å²) in [6.45, 7) is 5.30. The molecule has 66 valence electrons. The highest BCUT2D eigenvalue weighted by molar-refractivity contribution is 5.35. The van der Waals surface area contributed by atoms with E-state index in [-0.39, 0.29) is 5.82 Å². The maximum atomic E-state index is 12.8. The van der Waals surface area contributed by atoms with E-state index in [2.05, 4.69) is 0 Å². The standard InChI is InChI=1S/C10H13FO/c1-6-4-9(11)5-7(2)10(6)8(3)12/h4-5,8,12H,1-3H3/t8-/m0/s1. The SMILES string of the molecule is Cc1cc(F)cc(C)c1[C@H](C)O. The van der Waals surface area contributed by atoms with Gasteiger partial charge in [0.2, 0.25) is 0 Å². The van der Waals surface area contributed by atoms with Gasteiger partial charge in [-0.05, 0) is 49.6 Å². The van der Waals surface area contributed by atoms with Gasteiger partial charge in [-0.2, -0.15) is 0 Å². The third-order valence-electron chi connectivity index (χ3n) is 1.98. The number of aliphatic hydroxyl groups excluding tert-OH is 1. The second-order valence-corrected chi connectivity index (χ2v) is 3.13. The number of aryl methyl sites for hydroxylation is 2. The smallest absolute Gasteiger partial charge is 0.123 e. The molecule has 0 fully saturated rings. The van der Waals surface area contributed by atoms with Crippen molar-refractivity contribution < 1.29 is 9.50 Å². The molecule has 0 spiro atoms. The molecule has 1 atom stereocenters. The molecule has 1 nitrogen and oxygen atoms in total. The summed E-state index contributed by atoms with van der Waals surface area (Å²) in [4.78, 5) is 0. The van der Waals surface area contributed by atoms with Crippen LogP contribution in [0.3, 0.4) is 0 Å². The summed E-state index contributed by atoms with van der Waals surface area (Å²) >= 11 is 0. The molecule has 0 bridgehead atoms. The van der Waals surface area contributed by atoms with Crippen LogP contribution in [0.5, 0.6) is 0 Å². The van der Waals surface area contributed by atoms with E-state index >= 15 is 0 Å². The van der Waals surface area contributed by atoms with Crippen LogP contribution in [0.25, 0.3) is 0 Å². The van der Waals surface area contributed by atoms with E-state index in [9.17, 15) is 9.50 Å². The van der Waals surface area contributed by atoms with Gasteiger partial charge in [-0.15, -0.1) is 0 Å². The van der Waals surface area contributed by atoms with Crippen LogP contribution in [0, 0.1) is 19.7 Å². The van der Waals surface area contributed by atoms with Gasteiger partial charge in [0.05, 0.1) is 6.10 Å². The van der Waals surface area contributed by atoms with Crippen molar-refractivity contribution in [3.63, 3.8) is 0 Å². The van der Waals surface area contributed by atoms with Gasteiger partial charge in [-0.25, -0.2) is 4.39 Å². The molecule has 1 aromatic rings. The molecule has 0 aliphatic rings. The van der Waals surface area contributed by atoms with Crippen molar-refractivity contribution in [2.24, 2.45) is 0 Å². The van der Waals surface area contributed by atoms with Gasteiger partial charge in [0, 0.05) is 0 Å². The Morgan fingerprint density at radius 3 is 2.00 bits per heavy atom. The third kappa shape index (κ3) is 1.64. The topological polar surface area (TPSA) is 20.2 Å². The van der Waals surface area contributed by atoms with Crippen LogP contribution >= 0.6 is 0 Å². The van der Waals surface area contributed by atoms with E-state index in [4.69, 9.17) is 0 Å². The minimum atomic E-state index is -0.523. The summed E-state index contributed by atoms with van der Waals surface area (Å²) in [6, 6.07) is 2.88. The average Bonchev–Trinajstić information content (AvgIpc) is 1.82. The number of aliphatic hydroxyl groups is 1. The first-order valence-electron chi connectivity index (χ1n) is 3.97. The summed E-state index contributed by atoms with van der Waals surface area (Å²) < 4.78 is 12.8. The zero-order chi connectivity index (χ0) is 9.30. The summed E-state index contributed by atoms with van der Waals surface area (Å²) in [7, 11) is 0. The first kappa shape index (κ1) is 9.20. The van der Waals surface area contributed by atoms with Gasteiger partial charge in [-0.3, -0.25) is 0 Å². The van der Waals surface area contributed by atoms with Gasteiger partial charge < -0.3 is 5.11 Å².